The van der Waals surface area contributed by atoms with Crippen molar-refractivity contribution in [1.82, 2.24) is 5.32 Å². The predicted octanol–water partition coefficient (Wildman–Crippen LogP) is 2.66. The minimum absolute atomic E-state index is 0.0835. The molecular formula is C13H23NO3. The van der Waals surface area contributed by atoms with Crippen LogP contribution in [0.25, 0.3) is 0 Å². The lowest BCUT2D eigenvalue weighted by Gasteiger charge is -2.30. The summed E-state index contributed by atoms with van der Waals surface area (Å²) in [6.45, 7) is 7.47. The van der Waals surface area contributed by atoms with Gasteiger partial charge in [-0.05, 0) is 40.0 Å². The number of amides is 1. The topological polar surface area (TPSA) is 55.4 Å². The molecule has 1 saturated carbocycles. The van der Waals surface area contributed by atoms with Gasteiger partial charge in [0.25, 0.3) is 0 Å². The lowest BCUT2D eigenvalue weighted by atomic mass is 9.81. The standard InChI is InChI=1S/C13H23NO3/c1-5-13(9-15)8-6-7-10(13)14-11(16)17-12(2,3)4/h9-10H,5-8H2,1-4H3,(H,14,16)/t10-,13+/m1/s1. The van der Waals surface area contributed by atoms with Gasteiger partial charge in [-0.1, -0.05) is 13.3 Å². The smallest absolute Gasteiger partial charge is 0.407 e. The van der Waals surface area contributed by atoms with Crippen LogP contribution < -0.4 is 5.32 Å². The van der Waals surface area contributed by atoms with Gasteiger partial charge in [-0.3, -0.25) is 0 Å². The van der Waals surface area contributed by atoms with E-state index in [1.54, 1.807) is 0 Å². The molecule has 0 aromatic carbocycles. The fourth-order valence-corrected chi connectivity index (χ4v) is 2.41. The molecule has 0 saturated heterocycles. The molecule has 1 fully saturated rings. The van der Waals surface area contributed by atoms with E-state index in [4.69, 9.17) is 4.74 Å². The summed E-state index contributed by atoms with van der Waals surface area (Å²) in [7, 11) is 0. The Kier molecular flexibility index (Phi) is 4.17. The second-order valence-electron chi connectivity index (χ2n) is 5.80. The van der Waals surface area contributed by atoms with Gasteiger partial charge in [0.15, 0.2) is 0 Å². The van der Waals surface area contributed by atoms with E-state index in [0.717, 1.165) is 32.0 Å². The van der Waals surface area contributed by atoms with Crippen molar-refractivity contribution in [3.63, 3.8) is 0 Å². The van der Waals surface area contributed by atoms with Crippen molar-refractivity contribution in [1.29, 1.82) is 0 Å². The number of aldehydes is 1. The predicted molar refractivity (Wildman–Crippen MR) is 65.8 cm³/mol. The van der Waals surface area contributed by atoms with Gasteiger partial charge >= 0.3 is 6.09 Å². The Balaban J connectivity index is 2.62. The molecule has 17 heavy (non-hydrogen) atoms. The second-order valence-corrected chi connectivity index (χ2v) is 5.80. The van der Waals surface area contributed by atoms with Crippen molar-refractivity contribution in [2.24, 2.45) is 5.41 Å². The van der Waals surface area contributed by atoms with Crippen LogP contribution in [-0.2, 0) is 9.53 Å². The van der Waals surface area contributed by atoms with Gasteiger partial charge in [0.05, 0.1) is 0 Å². The molecule has 2 atom stereocenters. The van der Waals surface area contributed by atoms with Crippen LogP contribution in [0.15, 0.2) is 0 Å². The maximum absolute atomic E-state index is 11.7. The van der Waals surface area contributed by atoms with Crippen molar-refractivity contribution in [3.05, 3.63) is 0 Å². The van der Waals surface area contributed by atoms with E-state index in [9.17, 15) is 9.59 Å². The maximum Gasteiger partial charge on any atom is 0.407 e. The van der Waals surface area contributed by atoms with Gasteiger partial charge < -0.3 is 14.8 Å². The summed E-state index contributed by atoms with van der Waals surface area (Å²) in [5, 5.41) is 2.84. The Hall–Kier alpha value is -1.06. The quantitative estimate of drug-likeness (QED) is 0.773. The van der Waals surface area contributed by atoms with Crippen molar-refractivity contribution in [2.75, 3.05) is 0 Å². The average Bonchev–Trinajstić information content (AvgIpc) is 2.58. The molecule has 1 aliphatic rings. The van der Waals surface area contributed by atoms with E-state index < -0.39 is 17.1 Å². The van der Waals surface area contributed by atoms with Gasteiger partial charge in [0.1, 0.15) is 11.9 Å². The lowest BCUT2D eigenvalue weighted by molar-refractivity contribution is -0.117. The average molecular weight is 241 g/mol. The van der Waals surface area contributed by atoms with Gasteiger partial charge in [-0.15, -0.1) is 0 Å². The maximum atomic E-state index is 11.7. The molecule has 0 unspecified atom stereocenters. The molecule has 0 aliphatic heterocycles. The van der Waals surface area contributed by atoms with Crippen LogP contribution in [0.2, 0.25) is 0 Å². The summed E-state index contributed by atoms with van der Waals surface area (Å²) >= 11 is 0. The third-order valence-electron chi connectivity index (χ3n) is 3.41. The molecule has 0 heterocycles. The molecule has 1 N–H and O–H groups in total. The number of nitrogens with one attached hydrogen (secondary N) is 1. The van der Waals surface area contributed by atoms with Crippen LogP contribution in [0.4, 0.5) is 4.79 Å². The van der Waals surface area contributed by atoms with Crippen molar-refractivity contribution in [2.45, 2.75) is 65.0 Å². The second kappa shape index (κ2) is 5.07. The van der Waals surface area contributed by atoms with E-state index >= 15 is 0 Å². The normalized spacial score (nSPS) is 28.8. The first-order valence-electron chi connectivity index (χ1n) is 6.29. The Morgan fingerprint density at radius 2 is 2.18 bits per heavy atom. The monoisotopic (exact) mass is 241 g/mol. The number of alkyl carbamates (subject to hydrolysis) is 1. The Labute approximate surface area is 103 Å². The van der Waals surface area contributed by atoms with Gasteiger partial charge in [0, 0.05) is 11.5 Å². The summed E-state index contributed by atoms with van der Waals surface area (Å²) in [5.41, 5.74) is -0.893. The minimum atomic E-state index is -0.501. The molecule has 4 heteroatoms. The summed E-state index contributed by atoms with van der Waals surface area (Å²) in [6.07, 6.45) is 4.02. The first kappa shape index (κ1) is 14.0. The molecule has 0 radical (unpaired) electrons. The fourth-order valence-electron chi connectivity index (χ4n) is 2.41. The van der Waals surface area contributed by atoms with E-state index in [1.807, 2.05) is 27.7 Å². The number of carbonyl (C=O) groups excluding carboxylic acids is 2. The molecule has 0 aromatic rings. The van der Waals surface area contributed by atoms with Crippen LogP contribution in [0.3, 0.4) is 0 Å². The van der Waals surface area contributed by atoms with Gasteiger partial charge in [-0.25, -0.2) is 4.79 Å². The number of hydrogen-bond donors (Lipinski definition) is 1. The highest BCUT2D eigenvalue weighted by molar-refractivity contribution is 5.70. The summed E-state index contributed by atoms with van der Waals surface area (Å²) in [4.78, 5) is 22.9. The van der Waals surface area contributed by atoms with Crippen LogP contribution in [-0.4, -0.2) is 24.0 Å². The molecule has 0 aromatic heterocycles. The lowest BCUT2D eigenvalue weighted by Crippen LogP contribution is -2.46. The molecule has 1 rings (SSSR count). The van der Waals surface area contributed by atoms with E-state index in [0.29, 0.717) is 0 Å². The molecule has 0 spiro atoms. The highest BCUT2D eigenvalue weighted by atomic mass is 16.6. The molecular weight excluding hydrogens is 218 g/mol. The number of rotatable bonds is 3. The summed E-state index contributed by atoms with van der Waals surface area (Å²) < 4.78 is 5.22. The van der Waals surface area contributed by atoms with Gasteiger partial charge in [-0.2, -0.15) is 0 Å². The Bertz CT molecular complexity index is 296. The highest BCUT2D eigenvalue weighted by Gasteiger charge is 2.42. The number of carbonyl (C=O) groups is 2. The van der Waals surface area contributed by atoms with Crippen LogP contribution in [0, 0.1) is 5.41 Å². The molecule has 0 bridgehead atoms. The van der Waals surface area contributed by atoms with Crippen molar-refractivity contribution in [3.8, 4) is 0 Å². The SMILES string of the molecule is CC[C@@]1(C=O)CCC[C@H]1NC(=O)OC(C)(C)C. The third-order valence-corrected chi connectivity index (χ3v) is 3.41. The summed E-state index contributed by atoms with van der Waals surface area (Å²) in [5.74, 6) is 0. The van der Waals surface area contributed by atoms with E-state index in [-0.39, 0.29) is 6.04 Å². The van der Waals surface area contributed by atoms with Crippen LogP contribution >= 0.6 is 0 Å². The van der Waals surface area contributed by atoms with E-state index in [1.165, 1.54) is 0 Å². The zero-order chi connectivity index (χ0) is 13.1. The first-order valence-corrected chi connectivity index (χ1v) is 6.29. The molecule has 98 valence electrons. The zero-order valence-corrected chi connectivity index (χ0v) is 11.2. The van der Waals surface area contributed by atoms with Crippen molar-refractivity contribution >= 4 is 12.4 Å². The van der Waals surface area contributed by atoms with E-state index in [2.05, 4.69) is 5.32 Å². The third kappa shape index (κ3) is 3.45. The van der Waals surface area contributed by atoms with Gasteiger partial charge in [0.2, 0.25) is 0 Å². The minimum Gasteiger partial charge on any atom is -0.444 e. The molecule has 1 amide bonds. The number of ether oxygens (including phenoxy) is 1. The van der Waals surface area contributed by atoms with Crippen LogP contribution in [0.1, 0.15) is 53.4 Å². The molecule has 1 aliphatic carbocycles. The van der Waals surface area contributed by atoms with Crippen LogP contribution in [0.5, 0.6) is 0 Å². The number of hydrogen-bond acceptors (Lipinski definition) is 3. The first-order chi connectivity index (χ1) is 7.83. The Morgan fingerprint density at radius 3 is 2.65 bits per heavy atom. The Morgan fingerprint density at radius 1 is 1.53 bits per heavy atom. The molecule has 4 nitrogen and oxygen atoms in total. The van der Waals surface area contributed by atoms with Crippen molar-refractivity contribution < 1.29 is 14.3 Å². The summed E-state index contributed by atoms with van der Waals surface area (Å²) in [6, 6.07) is -0.0835. The zero-order valence-electron chi connectivity index (χ0n) is 11.2. The fraction of sp³-hybridized carbons (Fsp3) is 0.846. The highest BCUT2D eigenvalue weighted by Crippen LogP contribution is 2.39. The largest absolute Gasteiger partial charge is 0.444 e.